The minimum Gasteiger partial charge on any atom is -0.493 e. The van der Waals surface area contributed by atoms with Gasteiger partial charge < -0.3 is 18.9 Å². The van der Waals surface area contributed by atoms with Crippen LogP contribution in [0.2, 0.25) is 0 Å². The van der Waals surface area contributed by atoms with Gasteiger partial charge in [-0.25, -0.2) is 4.98 Å². The summed E-state index contributed by atoms with van der Waals surface area (Å²) in [6.07, 6.45) is 0.701. The summed E-state index contributed by atoms with van der Waals surface area (Å²) in [5, 5.41) is 0. The Hall–Kier alpha value is -3.42. The summed E-state index contributed by atoms with van der Waals surface area (Å²) in [6, 6.07) is 10.6. The molecule has 30 heavy (non-hydrogen) atoms. The van der Waals surface area contributed by atoms with Gasteiger partial charge in [-0.3, -0.25) is 14.4 Å². The number of ether oxygens (including phenoxy) is 4. The van der Waals surface area contributed by atoms with Crippen LogP contribution in [-0.2, 0) is 14.3 Å². The van der Waals surface area contributed by atoms with E-state index < -0.39 is 29.7 Å². The van der Waals surface area contributed by atoms with Crippen molar-refractivity contribution >= 4 is 17.7 Å². The highest BCUT2D eigenvalue weighted by atomic mass is 16.6. The molecule has 1 aromatic carbocycles. The molecular weight excluding hydrogens is 390 g/mol. The van der Waals surface area contributed by atoms with Gasteiger partial charge in [0.15, 0.2) is 17.2 Å². The predicted molar refractivity (Wildman–Crippen MR) is 108 cm³/mol. The molecule has 8 nitrogen and oxygen atoms in total. The first-order chi connectivity index (χ1) is 14.3. The van der Waals surface area contributed by atoms with E-state index in [4.69, 9.17) is 18.9 Å². The molecular formula is C22H25NO7. The number of carbonyl (C=O) groups excluding carboxylic acids is 3. The van der Waals surface area contributed by atoms with Crippen LogP contribution < -0.4 is 14.2 Å². The van der Waals surface area contributed by atoms with Crippen LogP contribution >= 0.6 is 0 Å². The number of Topliss-reactive ketones (excluding diaryl/α,β-unsaturated/α-hetero) is 1. The number of aromatic nitrogens is 1. The maximum absolute atomic E-state index is 12.7. The molecule has 0 aliphatic carbocycles. The Labute approximate surface area is 175 Å². The van der Waals surface area contributed by atoms with Crippen molar-refractivity contribution in [2.75, 3.05) is 13.7 Å². The summed E-state index contributed by atoms with van der Waals surface area (Å²) in [5.74, 6) is -1.55. The lowest BCUT2D eigenvalue weighted by Crippen LogP contribution is -2.27. The van der Waals surface area contributed by atoms with Crippen LogP contribution in [0.4, 0.5) is 0 Å². The quantitative estimate of drug-likeness (QED) is 0.431. The van der Waals surface area contributed by atoms with E-state index in [9.17, 15) is 14.4 Å². The Morgan fingerprint density at radius 3 is 2.40 bits per heavy atom. The third-order valence-electron chi connectivity index (χ3n) is 4.04. The molecule has 2 rings (SSSR count). The molecule has 0 N–H and O–H groups in total. The molecule has 0 aliphatic heterocycles. The second-order valence-corrected chi connectivity index (χ2v) is 6.68. The zero-order valence-electron chi connectivity index (χ0n) is 17.4. The van der Waals surface area contributed by atoms with Crippen LogP contribution in [0.15, 0.2) is 42.6 Å². The molecule has 160 valence electrons. The lowest BCUT2D eigenvalue weighted by atomic mass is 10.0. The number of carbonyl (C=O) groups is 3. The van der Waals surface area contributed by atoms with Gasteiger partial charge in [0.25, 0.3) is 0 Å². The summed E-state index contributed by atoms with van der Waals surface area (Å²) in [4.78, 5) is 40.4. The molecule has 1 heterocycles. The normalized spacial score (nSPS) is 12.4. The number of methoxy groups -OCH3 is 1. The Morgan fingerprint density at radius 1 is 1.07 bits per heavy atom. The molecule has 0 unspecified atom stereocenters. The summed E-state index contributed by atoms with van der Waals surface area (Å²) >= 11 is 0. The molecule has 2 atom stereocenters. The molecule has 2 aromatic rings. The Bertz CT molecular complexity index is 882. The monoisotopic (exact) mass is 415 g/mol. The summed E-state index contributed by atoms with van der Waals surface area (Å²) in [5.41, 5.74) is -0.0790. The zero-order chi connectivity index (χ0) is 22.1. The molecule has 0 radical (unpaired) electrons. The second kappa shape index (κ2) is 10.9. The van der Waals surface area contributed by atoms with Crippen molar-refractivity contribution in [3.05, 3.63) is 48.3 Å². The van der Waals surface area contributed by atoms with Gasteiger partial charge >= 0.3 is 11.9 Å². The zero-order valence-corrected chi connectivity index (χ0v) is 17.4. The van der Waals surface area contributed by atoms with Crippen molar-refractivity contribution in [1.29, 1.82) is 0 Å². The number of hydrogen-bond donors (Lipinski definition) is 0. The molecule has 0 bridgehead atoms. The maximum atomic E-state index is 12.7. The highest BCUT2D eigenvalue weighted by molar-refractivity contribution is 5.99. The van der Waals surface area contributed by atoms with Crippen LogP contribution in [0.1, 0.15) is 37.7 Å². The average Bonchev–Trinajstić information content (AvgIpc) is 2.72. The van der Waals surface area contributed by atoms with Crippen molar-refractivity contribution in [3.63, 3.8) is 0 Å². The first kappa shape index (κ1) is 22.9. The van der Waals surface area contributed by atoms with E-state index in [1.54, 1.807) is 26.0 Å². The third-order valence-corrected chi connectivity index (χ3v) is 4.04. The summed E-state index contributed by atoms with van der Waals surface area (Å²) < 4.78 is 21.1. The van der Waals surface area contributed by atoms with Gasteiger partial charge in [-0.1, -0.05) is 25.1 Å². The van der Waals surface area contributed by atoms with E-state index in [0.717, 1.165) is 0 Å². The molecule has 0 aliphatic rings. The van der Waals surface area contributed by atoms with Gasteiger partial charge in [0.2, 0.25) is 5.75 Å². The van der Waals surface area contributed by atoms with Gasteiger partial charge in [-0.05, 0) is 19.1 Å². The molecule has 0 amide bonds. The van der Waals surface area contributed by atoms with Gasteiger partial charge in [-0.2, -0.15) is 0 Å². The van der Waals surface area contributed by atoms with Crippen molar-refractivity contribution in [1.82, 2.24) is 4.98 Å². The molecule has 1 aromatic heterocycles. The fourth-order valence-corrected chi connectivity index (χ4v) is 2.57. The van der Waals surface area contributed by atoms with E-state index in [1.165, 1.54) is 26.3 Å². The molecule has 0 saturated carbocycles. The van der Waals surface area contributed by atoms with Crippen LogP contribution in [0.5, 0.6) is 17.2 Å². The number of benzene rings is 1. The number of hydrogen-bond acceptors (Lipinski definition) is 8. The summed E-state index contributed by atoms with van der Waals surface area (Å²) in [7, 11) is 1.38. The number of ketones is 1. The van der Waals surface area contributed by atoms with E-state index in [1.807, 2.05) is 18.2 Å². The fourth-order valence-electron chi connectivity index (χ4n) is 2.57. The minimum absolute atomic E-state index is 0.0669. The topological polar surface area (TPSA) is 101 Å². The van der Waals surface area contributed by atoms with Crippen molar-refractivity contribution in [2.45, 2.75) is 33.3 Å². The first-order valence-corrected chi connectivity index (χ1v) is 9.44. The lowest BCUT2D eigenvalue weighted by Gasteiger charge is -2.17. The number of para-hydroxylation sites is 1. The lowest BCUT2D eigenvalue weighted by molar-refractivity contribution is -0.153. The van der Waals surface area contributed by atoms with Crippen molar-refractivity contribution < 1.29 is 33.3 Å². The highest BCUT2D eigenvalue weighted by Crippen LogP contribution is 2.31. The average molecular weight is 415 g/mol. The van der Waals surface area contributed by atoms with E-state index in [0.29, 0.717) is 5.75 Å². The Kier molecular flexibility index (Phi) is 8.34. The standard InChI is InChI=1S/C22H25NO7/c1-14(22(26)29-15(2)13-28-17-8-6-5-7-9-17)12-18(25)20-21(30-16(3)24)19(27-4)10-11-23-20/h5-11,14-15H,12-13H2,1-4H3/t14-,15+/m1/s1. The van der Waals surface area contributed by atoms with Gasteiger partial charge in [0.05, 0.1) is 13.0 Å². The largest absolute Gasteiger partial charge is 0.493 e. The van der Waals surface area contributed by atoms with Gasteiger partial charge in [0.1, 0.15) is 18.5 Å². The number of pyridine rings is 1. The molecule has 0 fully saturated rings. The summed E-state index contributed by atoms with van der Waals surface area (Å²) in [6.45, 7) is 4.68. The van der Waals surface area contributed by atoms with Gasteiger partial charge in [0, 0.05) is 25.6 Å². The van der Waals surface area contributed by atoms with Gasteiger partial charge in [-0.15, -0.1) is 0 Å². The number of nitrogens with zero attached hydrogens (tertiary/aromatic N) is 1. The van der Waals surface area contributed by atoms with Crippen LogP contribution in [0.25, 0.3) is 0 Å². The third kappa shape index (κ3) is 6.58. The molecule has 8 heteroatoms. The Morgan fingerprint density at radius 2 is 1.77 bits per heavy atom. The molecule has 0 saturated heterocycles. The van der Waals surface area contributed by atoms with Crippen molar-refractivity contribution in [2.24, 2.45) is 5.92 Å². The predicted octanol–water partition coefficient (Wildman–Crippen LogP) is 3.24. The van der Waals surface area contributed by atoms with E-state index in [-0.39, 0.29) is 30.2 Å². The smallest absolute Gasteiger partial charge is 0.309 e. The molecule has 0 spiro atoms. The Balaban J connectivity index is 1.96. The minimum atomic E-state index is -0.727. The second-order valence-electron chi connectivity index (χ2n) is 6.68. The van der Waals surface area contributed by atoms with Crippen LogP contribution in [-0.4, -0.2) is 42.5 Å². The van der Waals surface area contributed by atoms with Crippen LogP contribution in [0, 0.1) is 5.92 Å². The SMILES string of the molecule is COc1ccnc(C(=O)C[C@@H](C)C(=O)O[C@@H](C)COc2ccccc2)c1OC(C)=O. The number of rotatable bonds is 10. The highest BCUT2D eigenvalue weighted by Gasteiger charge is 2.26. The van der Waals surface area contributed by atoms with Crippen LogP contribution in [0.3, 0.4) is 0 Å². The van der Waals surface area contributed by atoms with Crippen molar-refractivity contribution in [3.8, 4) is 17.2 Å². The fraction of sp³-hybridized carbons (Fsp3) is 0.364. The van der Waals surface area contributed by atoms with E-state index >= 15 is 0 Å². The number of esters is 2. The first-order valence-electron chi connectivity index (χ1n) is 9.44. The van der Waals surface area contributed by atoms with E-state index in [2.05, 4.69) is 4.98 Å². The maximum Gasteiger partial charge on any atom is 0.309 e.